The third kappa shape index (κ3) is 4.39. The second-order valence-electron chi connectivity index (χ2n) is 7.70. The summed E-state index contributed by atoms with van der Waals surface area (Å²) < 4.78 is 6.92. The van der Waals surface area contributed by atoms with Crippen molar-refractivity contribution >= 4 is 27.4 Å². The highest BCUT2D eigenvalue weighted by Gasteiger charge is 2.20. The van der Waals surface area contributed by atoms with Crippen LogP contribution in [0.4, 0.5) is 5.82 Å². The first kappa shape index (κ1) is 20.3. The number of nitrogens with zero attached hydrogens (tertiary/aromatic N) is 6. The summed E-state index contributed by atoms with van der Waals surface area (Å²) in [6.45, 7) is 2.43. The summed E-state index contributed by atoms with van der Waals surface area (Å²) in [6.07, 6.45) is 7.14. The van der Waals surface area contributed by atoms with E-state index in [0.29, 0.717) is 12.3 Å². The minimum Gasteiger partial charge on any atom is -0.459 e. The van der Waals surface area contributed by atoms with Crippen LogP contribution in [0.2, 0.25) is 0 Å². The van der Waals surface area contributed by atoms with Crippen molar-refractivity contribution in [3.05, 3.63) is 71.1 Å². The molecule has 32 heavy (non-hydrogen) atoms. The lowest BCUT2D eigenvalue weighted by molar-refractivity contribution is 0.279. The van der Waals surface area contributed by atoms with E-state index in [1.807, 2.05) is 36.5 Å². The number of aromatic nitrogens is 4. The van der Waals surface area contributed by atoms with Gasteiger partial charge in [0.05, 0.1) is 22.0 Å². The molecule has 1 saturated heterocycles. The Labute approximate surface area is 190 Å². The molecule has 0 radical (unpaired) electrons. The topological polar surface area (TPSA) is 87.8 Å². The van der Waals surface area contributed by atoms with Gasteiger partial charge in [-0.3, -0.25) is 0 Å². The van der Waals surface area contributed by atoms with Crippen molar-refractivity contribution in [2.75, 3.05) is 18.0 Å². The van der Waals surface area contributed by atoms with E-state index in [0.717, 1.165) is 39.7 Å². The number of hydrogen-bond acceptors (Lipinski definition) is 8. The Hall–Kier alpha value is -3.57. The molecule has 0 amide bonds. The largest absolute Gasteiger partial charge is 0.459 e. The highest BCUT2D eigenvalue weighted by Crippen LogP contribution is 2.31. The zero-order valence-corrected chi connectivity index (χ0v) is 18.3. The van der Waals surface area contributed by atoms with Gasteiger partial charge in [0.2, 0.25) is 0 Å². The molecular weight excluding hydrogens is 420 g/mol. The number of thiazole rings is 1. The summed E-state index contributed by atoms with van der Waals surface area (Å²) in [5.74, 6) is 0.422. The molecule has 1 aliphatic rings. The van der Waals surface area contributed by atoms with Crippen molar-refractivity contribution in [3.63, 3.8) is 0 Å². The van der Waals surface area contributed by atoms with E-state index in [1.165, 1.54) is 30.6 Å². The first-order valence-electron chi connectivity index (χ1n) is 10.7. The predicted molar refractivity (Wildman–Crippen MR) is 124 cm³/mol. The van der Waals surface area contributed by atoms with Crippen LogP contribution in [0.3, 0.4) is 0 Å². The Kier molecular flexibility index (Phi) is 5.90. The Morgan fingerprint density at radius 1 is 1.03 bits per heavy atom. The van der Waals surface area contributed by atoms with Gasteiger partial charge in [0.25, 0.3) is 0 Å². The van der Waals surface area contributed by atoms with Gasteiger partial charge in [0.15, 0.2) is 0 Å². The lowest BCUT2D eigenvalue weighted by Crippen LogP contribution is -2.30. The van der Waals surface area contributed by atoms with Crippen molar-refractivity contribution in [2.24, 2.45) is 0 Å². The van der Waals surface area contributed by atoms with Gasteiger partial charge in [-0.15, -0.1) is 11.3 Å². The highest BCUT2D eigenvalue weighted by atomic mass is 32.1. The summed E-state index contributed by atoms with van der Waals surface area (Å²) in [4.78, 5) is 20.2. The average molecular weight is 443 g/mol. The van der Waals surface area contributed by atoms with Gasteiger partial charge in [0, 0.05) is 25.5 Å². The standard InChI is InChI=1S/C24H22N6OS/c25-15-18(23-28-20-6-2-3-7-21(20)32-23)19-9-11-27-24(29-19)31-16-17-8-10-26-22(14-17)30-12-4-1-5-13-30/h2-3,6-11,14,18H,1,4-5,12-13,16H2. The van der Waals surface area contributed by atoms with Crippen LogP contribution in [0.25, 0.3) is 10.2 Å². The predicted octanol–water partition coefficient (Wildman–Crippen LogP) is 4.71. The van der Waals surface area contributed by atoms with E-state index >= 15 is 0 Å². The molecular formula is C24H22N6OS. The normalized spacial score (nSPS) is 14.8. The summed E-state index contributed by atoms with van der Waals surface area (Å²) in [5, 5.41) is 10.5. The monoisotopic (exact) mass is 442 g/mol. The molecule has 3 aromatic heterocycles. The van der Waals surface area contributed by atoms with Gasteiger partial charge in [-0.2, -0.15) is 10.2 Å². The molecule has 0 spiro atoms. The minimum atomic E-state index is -0.565. The highest BCUT2D eigenvalue weighted by molar-refractivity contribution is 7.18. The quantitative estimate of drug-likeness (QED) is 0.427. The average Bonchev–Trinajstić information content (AvgIpc) is 3.28. The van der Waals surface area contributed by atoms with Crippen LogP contribution in [-0.2, 0) is 6.61 Å². The van der Waals surface area contributed by atoms with E-state index < -0.39 is 5.92 Å². The third-order valence-corrected chi connectivity index (χ3v) is 6.60. The molecule has 4 aromatic rings. The molecule has 1 atom stereocenters. The number of rotatable bonds is 6. The molecule has 1 aromatic carbocycles. The summed E-state index contributed by atoms with van der Waals surface area (Å²) >= 11 is 1.51. The van der Waals surface area contributed by atoms with Crippen molar-refractivity contribution < 1.29 is 4.74 Å². The molecule has 5 rings (SSSR count). The molecule has 7 nitrogen and oxygen atoms in total. The van der Waals surface area contributed by atoms with Crippen LogP contribution in [0.15, 0.2) is 54.9 Å². The van der Waals surface area contributed by atoms with Crippen LogP contribution in [0, 0.1) is 11.3 Å². The maximum atomic E-state index is 9.82. The number of fused-ring (bicyclic) bond motifs is 1. The van der Waals surface area contributed by atoms with Crippen LogP contribution in [0.1, 0.15) is 41.4 Å². The first-order valence-corrected chi connectivity index (χ1v) is 11.5. The number of nitriles is 1. The van der Waals surface area contributed by atoms with Crippen LogP contribution in [0.5, 0.6) is 6.01 Å². The Morgan fingerprint density at radius 3 is 2.72 bits per heavy atom. The fourth-order valence-electron chi connectivity index (χ4n) is 3.84. The number of benzene rings is 1. The zero-order valence-electron chi connectivity index (χ0n) is 17.5. The summed E-state index contributed by atoms with van der Waals surface area (Å²) in [7, 11) is 0. The maximum absolute atomic E-state index is 9.82. The van der Waals surface area contributed by atoms with Gasteiger partial charge >= 0.3 is 6.01 Å². The molecule has 1 aliphatic heterocycles. The molecule has 0 saturated carbocycles. The molecule has 4 heterocycles. The molecule has 8 heteroatoms. The van der Waals surface area contributed by atoms with Crippen molar-refractivity contribution in [1.82, 2.24) is 19.9 Å². The molecule has 0 bridgehead atoms. The first-order chi connectivity index (χ1) is 15.8. The van der Waals surface area contributed by atoms with Crippen molar-refractivity contribution in [1.29, 1.82) is 5.26 Å². The molecule has 0 aliphatic carbocycles. The fourth-order valence-corrected chi connectivity index (χ4v) is 4.87. The van der Waals surface area contributed by atoms with Gasteiger partial charge in [-0.1, -0.05) is 12.1 Å². The van der Waals surface area contributed by atoms with Gasteiger partial charge in [-0.05, 0) is 55.2 Å². The number of ether oxygens (including phenoxy) is 1. The number of anilines is 1. The van der Waals surface area contributed by atoms with Crippen molar-refractivity contribution in [2.45, 2.75) is 31.8 Å². The lowest BCUT2D eigenvalue weighted by Gasteiger charge is -2.27. The number of hydrogen-bond donors (Lipinski definition) is 0. The van der Waals surface area contributed by atoms with E-state index in [1.54, 1.807) is 12.3 Å². The lowest BCUT2D eigenvalue weighted by atomic mass is 10.1. The van der Waals surface area contributed by atoms with E-state index in [9.17, 15) is 5.26 Å². The van der Waals surface area contributed by atoms with Crippen LogP contribution < -0.4 is 9.64 Å². The molecule has 0 N–H and O–H groups in total. The summed E-state index contributed by atoms with van der Waals surface area (Å²) in [5.41, 5.74) is 2.48. The van der Waals surface area contributed by atoms with Crippen LogP contribution in [-0.4, -0.2) is 33.0 Å². The molecule has 1 unspecified atom stereocenters. The van der Waals surface area contributed by atoms with E-state index in [-0.39, 0.29) is 6.01 Å². The second kappa shape index (κ2) is 9.28. The third-order valence-electron chi connectivity index (χ3n) is 5.50. The fraction of sp³-hybridized carbons (Fsp3) is 0.292. The number of piperidine rings is 1. The SMILES string of the molecule is N#CC(c1ccnc(OCc2ccnc(N3CCCCC3)c2)n1)c1nc2ccccc2s1. The smallest absolute Gasteiger partial charge is 0.316 e. The second-order valence-corrected chi connectivity index (χ2v) is 8.77. The number of para-hydroxylation sites is 1. The van der Waals surface area contributed by atoms with Gasteiger partial charge < -0.3 is 9.64 Å². The van der Waals surface area contributed by atoms with Crippen molar-refractivity contribution in [3.8, 4) is 12.1 Å². The van der Waals surface area contributed by atoms with Gasteiger partial charge in [0.1, 0.15) is 23.4 Å². The van der Waals surface area contributed by atoms with E-state index in [2.05, 4.69) is 37.0 Å². The summed E-state index contributed by atoms with van der Waals surface area (Å²) in [6, 6.07) is 16.2. The maximum Gasteiger partial charge on any atom is 0.316 e. The zero-order chi connectivity index (χ0) is 21.8. The van der Waals surface area contributed by atoms with Gasteiger partial charge in [-0.25, -0.2) is 15.0 Å². The number of pyridine rings is 1. The molecule has 1 fully saturated rings. The Morgan fingerprint density at radius 2 is 1.88 bits per heavy atom. The minimum absolute atomic E-state index is 0.250. The Bertz CT molecular complexity index is 1230. The Balaban J connectivity index is 1.31. The molecule has 160 valence electrons. The van der Waals surface area contributed by atoms with E-state index in [4.69, 9.17) is 4.74 Å². The van der Waals surface area contributed by atoms with Crippen LogP contribution >= 0.6 is 11.3 Å².